The summed E-state index contributed by atoms with van der Waals surface area (Å²) in [6.07, 6.45) is -3.34. The number of alkyl halides is 3. The van der Waals surface area contributed by atoms with Crippen molar-refractivity contribution in [2.24, 2.45) is 10.7 Å². The smallest absolute Gasteiger partial charge is 0.441 e. The quantitative estimate of drug-likeness (QED) is 0.440. The largest absolute Gasteiger partial charge is 0.481 e. The molecular formula is C16H23Cl2F3N4OS. The van der Waals surface area contributed by atoms with Crippen molar-refractivity contribution in [1.29, 1.82) is 0 Å². The molecule has 1 aliphatic rings. The molecule has 0 radical (unpaired) electrons. The van der Waals surface area contributed by atoms with Crippen molar-refractivity contribution < 1.29 is 17.9 Å². The Kier molecular flexibility index (Phi) is 11.0. The third-order valence-electron chi connectivity index (χ3n) is 3.65. The molecule has 27 heavy (non-hydrogen) atoms. The standard InChI is InChI=1S/C16H21F3N4OS.2ClH/c1-10-14(20)23-12-8-11(4-5-13(12)24-10)9-21-6-2-3-7-22-15(25)16(17,18)19;;/h4-5,8,10,21H,2-3,6-7,9H2,1H3,(H2,20,23)(H,22,25);2*1H. The Bertz CT molecular complexity index is 659. The van der Waals surface area contributed by atoms with E-state index in [1.54, 1.807) is 0 Å². The number of nitrogens with two attached hydrogens (primary N) is 1. The molecule has 1 aliphatic heterocycles. The van der Waals surface area contributed by atoms with Crippen LogP contribution in [0.2, 0.25) is 0 Å². The van der Waals surface area contributed by atoms with Gasteiger partial charge in [0.15, 0.2) is 11.1 Å². The van der Waals surface area contributed by atoms with Crippen LogP contribution in [-0.2, 0) is 6.54 Å². The first kappa shape index (κ1) is 25.7. The minimum Gasteiger partial charge on any atom is -0.481 e. The number of benzene rings is 1. The van der Waals surface area contributed by atoms with E-state index >= 15 is 0 Å². The number of ether oxygens (including phenoxy) is 1. The van der Waals surface area contributed by atoms with E-state index in [9.17, 15) is 13.2 Å². The summed E-state index contributed by atoms with van der Waals surface area (Å²) in [6, 6.07) is 5.71. The third-order valence-corrected chi connectivity index (χ3v) is 4.02. The normalized spacial score (nSPS) is 15.4. The number of rotatable bonds is 7. The molecule has 1 atom stereocenters. The molecule has 4 N–H and O–H groups in total. The van der Waals surface area contributed by atoms with Crippen LogP contribution >= 0.6 is 37.0 Å². The molecule has 1 heterocycles. The van der Waals surface area contributed by atoms with E-state index in [4.69, 9.17) is 10.5 Å². The number of halogens is 5. The van der Waals surface area contributed by atoms with Crippen molar-refractivity contribution >= 4 is 53.5 Å². The molecule has 0 aliphatic carbocycles. The Morgan fingerprint density at radius 2 is 1.93 bits per heavy atom. The lowest BCUT2D eigenvalue weighted by Crippen LogP contribution is -2.35. The predicted molar refractivity (Wildman–Crippen MR) is 110 cm³/mol. The van der Waals surface area contributed by atoms with Gasteiger partial charge in [-0.15, -0.1) is 24.8 Å². The second-order valence-electron chi connectivity index (χ2n) is 5.74. The van der Waals surface area contributed by atoms with Gasteiger partial charge >= 0.3 is 6.18 Å². The summed E-state index contributed by atoms with van der Waals surface area (Å²) >= 11 is 4.24. The van der Waals surface area contributed by atoms with E-state index in [0.717, 1.165) is 12.0 Å². The second-order valence-corrected chi connectivity index (χ2v) is 6.14. The van der Waals surface area contributed by atoms with E-state index in [1.807, 2.05) is 25.1 Å². The fourth-order valence-electron chi connectivity index (χ4n) is 2.25. The molecule has 1 unspecified atom stereocenters. The molecule has 5 nitrogen and oxygen atoms in total. The first-order chi connectivity index (χ1) is 11.8. The maximum absolute atomic E-state index is 12.2. The van der Waals surface area contributed by atoms with Gasteiger partial charge in [-0.05, 0) is 44.0 Å². The first-order valence-corrected chi connectivity index (χ1v) is 8.37. The first-order valence-electron chi connectivity index (χ1n) is 7.97. The molecular weight excluding hydrogens is 424 g/mol. The number of unbranched alkanes of at least 4 members (excludes halogenated alkanes) is 1. The molecule has 0 spiro atoms. The van der Waals surface area contributed by atoms with Crippen LogP contribution in [0.1, 0.15) is 25.3 Å². The lowest BCUT2D eigenvalue weighted by Gasteiger charge is -2.21. The minimum atomic E-state index is -4.45. The van der Waals surface area contributed by atoms with Gasteiger partial charge in [-0.25, -0.2) is 4.99 Å². The molecule has 0 saturated heterocycles. The Morgan fingerprint density at radius 3 is 2.59 bits per heavy atom. The molecule has 0 saturated carbocycles. The van der Waals surface area contributed by atoms with E-state index in [2.05, 4.69) is 27.8 Å². The van der Waals surface area contributed by atoms with Crippen LogP contribution in [0, 0.1) is 0 Å². The lowest BCUT2D eigenvalue weighted by molar-refractivity contribution is -0.0591. The van der Waals surface area contributed by atoms with Crippen LogP contribution in [0.3, 0.4) is 0 Å². The van der Waals surface area contributed by atoms with Gasteiger partial charge in [0, 0.05) is 13.1 Å². The molecule has 0 fully saturated rings. The Balaban J connectivity index is 0.00000338. The van der Waals surface area contributed by atoms with E-state index in [-0.39, 0.29) is 37.5 Å². The summed E-state index contributed by atoms with van der Waals surface area (Å²) in [6.45, 7) is 3.37. The maximum Gasteiger partial charge on any atom is 0.441 e. The van der Waals surface area contributed by atoms with Gasteiger partial charge in [-0.2, -0.15) is 13.2 Å². The Hall–Kier alpha value is -1.29. The van der Waals surface area contributed by atoms with Crippen LogP contribution in [0.15, 0.2) is 23.2 Å². The maximum atomic E-state index is 12.2. The van der Waals surface area contributed by atoms with Gasteiger partial charge in [0.1, 0.15) is 17.3 Å². The molecule has 154 valence electrons. The highest BCUT2D eigenvalue weighted by atomic mass is 35.5. The average molecular weight is 447 g/mol. The van der Waals surface area contributed by atoms with Crippen LogP contribution < -0.4 is 21.1 Å². The van der Waals surface area contributed by atoms with Gasteiger partial charge in [-0.1, -0.05) is 18.3 Å². The SMILES string of the molecule is CC1Oc2ccc(CNCCCCNC(=S)C(F)(F)F)cc2N=C1N.Cl.Cl. The zero-order chi connectivity index (χ0) is 18.4. The molecule has 2 rings (SSSR count). The van der Waals surface area contributed by atoms with Crippen molar-refractivity contribution in [3.8, 4) is 5.75 Å². The van der Waals surface area contributed by atoms with Crippen molar-refractivity contribution in [1.82, 2.24) is 10.6 Å². The summed E-state index contributed by atoms with van der Waals surface area (Å²) in [5.41, 5.74) is 7.52. The number of aliphatic imine (C=N–C) groups is 1. The number of hydrogen-bond donors (Lipinski definition) is 3. The highest BCUT2D eigenvalue weighted by molar-refractivity contribution is 7.80. The molecule has 1 aromatic carbocycles. The van der Waals surface area contributed by atoms with Crippen molar-refractivity contribution in [2.45, 2.75) is 38.6 Å². The highest BCUT2D eigenvalue weighted by Crippen LogP contribution is 2.32. The van der Waals surface area contributed by atoms with Gasteiger partial charge in [0.2, 0.25) is 0 Å². The summed E-state index contributed by atoms with van der Waals surface area (Å²) < 4.78 is 42.2. The van der Waals surface area contributed by atoms with E-state index in [1.165, 1.54) is 0 Å². The number of hydrogen-bond acceptors (Lipinski definition) is 5. The fraction of sp³-hybridized carbons (Fsp3) is 0.500. The number of thiocarbonyl (C=S) groups is 1. The minimum absolute atomic E-state index is 0. The monoisotopic (exact) mass is 446 g/mol. The van der Waals surface area contributed by atoms with Crippen LogP contribution in [0.25, 0.3) is 0 Å². The molecule has 1 aromatic rings. The molecule has 0 amide bonds. The highest BCUT2D eigenvalue weighted by Gasteiger charge is 2.33. The Labute approximate surface area is 174 Å². The third kappa shape index (κ3) is 8.08. The predicted octanol–water partition coefficient (Wildman–Crippen LogP) is 3.65. The van der Waals surface area contributed by atoms with Crippen LogP contribution in [0.5, 0.6) is 5.75 Å². The lowest BCUT2D eigenvalue weighted by atomic mass is 10.1. The topological polar surface area (TPSA) is 71.7 Å². The fourth-order valence-corrected chi connectivity index (χ4v) is 2.35. The average Bonchev–Trinajstić information content (AvgIpc) is 2.54. The number of nitrogens with one attached hydrogen (secondary N) is 2. The van der Waals surface area contributed by atoms with Crippen LogP contribution in [0.4, 0.5) is 18.9 Å². The number of amidine groups is 1. The van der Waals surface area contributed by atoms with E-state index < -0.39 is 11.2 Å². The van der Waals surface area contributed by atoms with Crippen molar-refractivity contribution in [2.75, 3.05) is 13.1 Å². The zero-order valence-corrected chi connectivity index (χ0v) is 17.1. The summed E-state index contributed by atoms with van der Waals surface area (Å²) in [7, 11) is 0. The molecule has 0 bridgehead atoms. The molecule has 0 aromatic heterocycles. The van der Waals surface area contributed by atoms with Crippen molar-refractivity contribution in [3.63, 3.8) is 0 Å². The van der Waals surface area contributed by atoms with Crippen molar-refractivity contribution in [3.05, 3.63) is 23.8 Å². The van der Waals surface area contributed by atoms with Gasteiger partial charge in [-0.3, -0.25) is 0 Å². The van der Waals surface area contributed by atoms with Gasteiger partial charge in [0.05, 0.1) is 0 Å². The van der Waals surface area contributed by atoms with Gasteiger partial charge < -0.3 is 21.1 Å². The second kappa shape index (κ2) is 11.5. The number of nitrogens with zero attached hydrogens (tertiary/aromatic N) is 1. The van der Waals surface area contributed by atoms with Crippen LogP contribution in [-0.4, -0.2) is 36.2 Å². The summed E-state index contributed by atoms with van der Waals surface area (Å²) in [5.74, 6) is 1.15. The summed E-state index contributed by atoms with van der Waals surface area (Å²) in [4.78, 5) is 3.26. The van der Waals surface area contributed by atoms with E-state index in [0.29, 0.717) is 36.8 Å². The Morgan fingerprint density at radius 1 is 1.26 bits per heavy atom. The molecule has 11 heteroatoms. The van der Waals surface area contributed by atoms with Gasteiger partial charge in [0.25, 0.3) is 0 Å². The number of fused-ring (bicyclic) bond motifs is 1. The zero-order valence-electron chi connectivity index (χ0n) is 14.6. The summed E-state index contributed by atoms with van der Waals surface area (Å²) in [5, 5.41) is 5.45.